The zero-order valence-corrected chi connectivity index (χ0v) is 14.0. The third-order valence-electron chi connectivity index (χ3n) is 5.14. The Balaban J connectivity index is 1.57. The van der Waals surface area contributed by atoms with Gasteiger partial charge in [0.05, 0.1) is 5.69 Å². The Bertz CT molecular complexity index is 837. The molecule has 2 aromatic heterocycles. The normalized spacial score (nSPS) is 16.8. The zero-order chi connectivity index (χ0) is 16.4. The maximum atomic E-state index is 4.33. The summed E-state index contributed by atoms with van der Waals surface area (Å²) in [5.41, 5.74) is 7.37. The minimum atomic E-state index is 0.654. The van der Waals surface area contributed by atoms with Crippen LogP contribution in [0.2, 0.25) is 0 Å². The van der Waals surface area contributed by atoms with E-state index in [9.17, 15) is 0 Å². The molecule has 1 aliphatic carbocycles. The van der Waals surface area contributed by atoms with Crippen LogP contribution in [0.4, 0.5) is 0 Å². The standard InChI is InChI=1S/C20H22N4/c1-14-20(23-24-22-14)19-11-12-21-13-17(19)10-9-16-7-4-6-15-5-2-3-8-18(15)16/h2-3,5,8,11-13,16H,4,6-7,9-10H2,1H3,(H,22,23,24). The van der Waals surface area contributed by atoms with Gasteiger partial charge in [-0.3, -0.25) is 4.98 Å². The summed E-state index contributed by atoms with van der Waals surface area (Å²) in [6, 6.07) is 11.0. The predicted molar refractivity (Wildman–Crippen MR) is 94.8 cm³/mol. The van der Waals surface area contributed by atoms with Crippen molar-refractivity contribution in [2.24, 2.45) is 0 Å². The Kier molecular flexibility index (Phi) is 4.11. The molecule has 4 nitrogen and oxygen atoms in total. The average Bonchev–Trinajstić information content (AvgIpc) is 3.06. The maximum absolute atomic E-state index is 4.33. The zero-order valence-electron chi connectivity index (χ0n) is 14.0. The van der Waals surface area contributed by atoms with Crippen molar-refractivity contribution < 1.29 is 0 Å². The molecule has 4 rings (SSSR count). The van der Waals surface area contributed by atoms with Gasteiger partial charge in [0.15, 0.2) is 0 Å². The van der Waals surface area contributed by atoms with E-state index in [0.717, 1.165) is 29.8 Å². The lowest BCUT2D eigenvalue weighted by Gasteiger charge is -2.25. The lowest BCUT2D eigenvalue weighted by Crippen LogP contribution is -2.10. The molecule has 0 radical (unpaired) electrons. The van der Waals surface area contributed by atoms with E-state index in [0.29, 0.717) is 5.92 Å². The highest BCUT2D eigenvalue weighted by Gasteiger charge is 2.20. The highest BCUT2D eigenvalue weighted by molar-refractivity contribution is 5.64. The Morgan fingerprint density at radius 3 is 2.96 bits per heavy atom. The summed E-state index contributed by atoms with van der Waals surface area (Å²) in [5.74, 6) is 0.654. The first-order chi connectivity index (χ1) is 11.8. The van der Waals surface area contributed by atoms with Gasteiger partial charge in [0.1, 0.15) is 5.69 Å². The molecule has 1 aromatic carbocycles. The van der Waals surface area contributed by atoms with Crippen LogP contribution < -0.4 is 0 Å². The number of rotatable bonds is 4. The van der Waals surface area contributed by atoms with Crippen molar-refractivity contribution in [3.63, 3.8) is 0 Å². The maximum Gasteiger partial charge on any atom is 0.116 e. The fourth-order valence-electron chi connectivity index (χ4n) is 3.88. The van der Waals surface area contributed by atoms with Crippen LogP contribution in [0, 0.1) is 6.92 Å². The molecule has 0 aliphatic heterocycles. The molecule has 24 heavy (non-hydrogen) atoms. The molecule has 3 aromatic rings. The highest BCUT2D eigenvalue weighted by Crippen LogP contribution is 2.35. The largest absolute Gasteiger partial charge is 0.264 e. The number of aryl methyl sites for hydroxylation is 3. The summed E-state index contributed by atoms with van der Waals surface area (Å²) in [6.45, 7) is 1.99. The SMILES string of the molecule is Cc1n[nH]nc1-c1ccncc1CCC1CCCc2ccccc21. The molecule has 1 atom stereocenters. The van der Waals surface area contributed by atoms with Gasteiger partial charge in [0.2, 0.25) is 0 Å². The first-order valence-electron chi connectivity index (χ1n) is 8.71. The topological polar surface area (TPSA) is 54.5 Å². The molecule has 0 bridgehead atoms. The van der Waals surface area contributed by atoms with Gasteiger partial charge in [0, 0.05) is 18.0 Å². The average molecular weight is 318 g/mol. The number of hydrogen-bond donors (Lipinski definition) is 1. The van der Waals surface area contributed by atoms with Crippen molar-refractivity contribution in [1.29, 1.82) is 0 Å². The summed E-state index contributed by atoms with van der Waals surface area (Å²) in [6.07, 6.45) is 9.81. The van der Waals surface area contributed by atoms with Crippen molar-refractivity contribution in [3.8, 4) is 11.3 Å². The Morgan fingerprint density at radius 1 is 1.17 bits per heavy atom. The van der Waals surface area contributed by atoms with Gasteiger partial charge in [-0.25, -0.2) is 0 Å². The summed E-state index contributed by atoms with van der Waals surface area (Å²) in [4.78, 5) is 4.33. The van der Waals surface area contributed by atoms with Gasteiger partial charge in [-0.15, -0.1) is 0 Å². The number of aromatic amines is 1. The van der Waals surface area contributed by atoms with Crippen LogP contribution in [0.1, 0.15) is 47.6 Å². The van der Waals surface area contributed by atoms with E-state index < -0.39 is 0 Å². The van der Waals surface area contributed by atoms with Gasteiger partial charge >= 0.3 is 0 Å². The van der Waals surface area contributed by atoms with Crippen molar-refractivity contribution in [2.45, 2.75) is 44.9 Å². The minimum absolute atomic E-state index is 0.654. The summed E-state index contributed by atoms with van der Waals surface area (Å²) in [7, 11) is 0. The van der Waals surface area contributed by atoms with Gasteiger partial charge < -0.3 is 0 Å². The molecule has 0 fully saturated rings. The Hall–Kier alpha value is -2.49. The minimum Gasteiger partial charge on any atom is -0.264 e. The fourth-order valence-corrected chi connectivity index (χ4v) is 3.88. The van der Waals surface area contributed by atoms with E-state index in [2.05, 4.69) is 50.7 Å². The number of H-pyrrole nitrogens is 1. The number of benzene rings is 1. The van der Waals surface area contributed by atoms with Gasteiger partial charge in [-0.05, 0) is 67.7 Å². The molecule has 0 spiro atoms. The van der Waals surface area contributed by atoms with E-state index in [1.165, 1.54) is 30.4 Å². The van der Waals surface area contributed by atoms with Gasteiger partial charge in [-0.2, -0.15) is 15.4 Å². The van der Waals surface area contributed by atoms with Crippen LogP contribution in [-0.2, 0) is 12.8 Å². The molecule has 1 N–H and O–H groups in total. The third-order valence-corrected chi connectivity index (χ3v) is 5.14. The van der Waals surface area contributed by atoms with Crippen molar-refractivity contribution in [3.05, 3.63) is 65.1 Å². The summed E-state index contributed by atoms with van der Waals surface area (Å²) < 4.78 is 0. The molecule has 122 valence electrons. The van der Waals surface area contributed by atoms with Crippen LogP contribution in [0.5, 0.6) is 0 Å². The van der Waals surface area contributed by atoms with E-state index in [1.807, 2.05) is 19.3 Å². The van der Waals surface area contributed by atoms with Crippen LogP contribution in [0.3, 0.4) is 0 Å². The number of aromatic nitrogens is 4. The van der Waals surface area contributed by atoms with Gasteiger partial charge in [0.25, 0.3) is 0 Å². The van der Waals surface area contributed by atoms with Crippen LogP contribution >= 0.6 is 0 Å². The van der Waals surface area contributed by atoms with E-state index in [4.69, 9.17) is 0 Å². The lowest BCUT2D eigenvalue weighted by atomic mass is 9.80. The lowest BCUT2D eigenvalue weighted by molar-refractivity contribution is 0.520. The van der Waals surface area contributed by atoms with Crippen molar-refractivity contribution in [2.75, 3.05) is 0 Å². The monoisotopic (exact) mass is 318 g/mol. The van der Waals surface area contributed by atoms with Crippen molar-refractivity contribution >= 4 is 0 Å². The second kappa shape index (κ2) is 6.56. The number of nitrogens with one attached hydrogen (secondary N) is 1. The molecule has 1 aliphatic rings. The fraction of sp³-hybridized carbons (Fsp3) is 0.350. The molecule has 4 heteroatoms. The summed E-state index contributed by atoms with van der Waals surface area (Å²) in [5, 5.41) is 11.2. The van der Waals surface area contributed by atoms with Crippen LogP contribution in [-0.4, -0.2) is 20.4 Å². The molecular formula is C20H22N4. The van der Waals surface area contributed by atoms with Crippen molar-refractivity contribution in [1.82, 2.24) is 20.4 Å². The van der Waals surface area contributed by atoms with E-state index in [-0.39, 0.29) is 0 Å². The Morgan fingerprint density at radius 2 is 2.08 bits per heavy atom. The molecule has 2 heterocycles. The van der Waals surface area contributed by atoms with E-state index >= 15 is 0 Å². The smallest absolute Gasteiger partial charge is 0.116 e. The number of fused-ring (bicyclic) bond motifs is 1. The first kappa shape index (κ1) is 15.1. The molecular weight excluding hydrogens is 296 g/mol. The van der Waals surface area contributed by atoms with E-state index in [1.54, 1.807) is 5.56 Å². The summed E-state index contributed by atoms with van der Waals surface area (Å²) >= 11 is 0. The second-order valence-electron chi connectivity index (χ2n) is 6.62. The quantitative estimate of drug-likeness (QED) is 0.783. The highest BCUT2D eigenvalue weighted by atomic mass is 15.3. The predicted octanol–water partition coefficient (Wildman–Crippen LogP) is 4.23. The number of nitrogens with zero attached hydrogens (tertiary/aromatic N) is 3. The first-order valence-corrected chi connectivity index (χ1v) is 8.71. The number of pyridine rings is 1. The Labute approximate surface area is 142 Å². The third kappa shape index (κ3) is 2.84. The van der Waals surface area contributed by atoms with Crippen LogP contribution in [0.15, 0.2) is 42.7 Å². The van der Waals surface area contributed by atoms with Gasteiger partial charge in [-0.1, -0.05) is 24.3 Å². The number of hydrogen-bond acceptors (Lipinski definition) is 3. The molecule has 1 unspecified atom stereocenters. The van der Waals surface area contributed by atoms with Crippen LogP contribution in [0.25, 0.3) is 11.3 Å². The molecule has 0 saturated carbocycles. The second-order valence-corrected chi connectivity index (χ2v) is 6.62. The molecule has 0 saturated heterocycles. The molecule has 0 amide bonds.